The maximum atomic E-state index is 12.8. The van der Waals surface area contributed by atoms with Gasteiger partial charge in [-0.25, -0.2) is 4.90 Å². The van der Waals surface area contributed by atoms with Crippen LogP contribution in [0.5, 0.6) is 11.5 Å². The smallest absolute Gasteiger partial charge is 0.298 e. The lowest BCUT2D eigenvalue weighted by Crippen LogP contribution is -2.43. The molecule has 0 radical (unpaired) electrons. The van der Waals surface area contributed by atoms with Gasteiger partial charge in [-0.2, -0.15) is 0 Å². The largest absolute Gasteiger partial charge is 0.493 e. The Morgan fingerprint density at radius 2 is 1.94 bits per heavy atom. The molecule has 0 spiro atoms. The summed E-state index contributed by atoms with van der Waals surface area (Å²) >= 11 is 6.84. The van der Waals surface area contributed by atoms with Gasteiger partial charge in [-0.1, -0.05) is 23.7 Å². The molecular formula is C23H21ClN2O6S. The van der Waals surface area contributed by atoms with Crippen LogP contribution in [-0.4, -0.2) is 62.0 Å². The topological polar surface area (TPSA) is 85.4 Å². The van der Waals surface area contributed by atoms with E-state index in [1.807, 2.05) is 0 Å². The highest BCUT2D eigenvalue weighted by atomic mass is 35.5. The van der Waals surface area contributed by atoms with Crippen molar-refractivity contribution in [2.24, 2.45) is 0 Å². The number of amides is 3. The van der Waals surface area contributed by atoms with Crippen molar-refractivity contribution < 1.29 is 28.6 Å². The minimum Gasteiger partial charge on any atom is -0.493 e. The van der Waals surface area contributed by atoms with Gasteiger partial charge in [-0.15, -0.1) is 0 Å². The predicted molar refractivity (Wildman–Crippen MR) is 126 cm³/mol. The molecule has 0 aliphatic carbocycles. The minimum absolute atomic E-state index is 0.117. The summed E-state index contributed by atoms with van der Waals surface area (Å²) in [5.41, 5.74) is 1.06. The zero-order valence-corrected chi connectivity index (χ0v) is 19.4. The van der Waals surface area contributed by atoms with E-state index in [0.717, 1.165) is 16.7 Å². The molecule has 2 aliphatic heterocycles. The molecule has 0 N–H and O–H groups in total. The van der Waals surface area contributed by atoms with Crippen LogP contribution in [0.3, 0.4) is 0 Å². The first kappa shape index (κ1) is 23.2. The fraction of sp³-hybridized carbons (Fsp3) is 0.261. The van der Waals surface area contributed by atoms with Crippen LogP contribution in [0.4, 0.5) is 10.5 Å². The maximum Gasteiger partial charge on any atom is 0.298 e. The van der Waals surface area contributed by atoms with Crippen molar-refractivity contribution in [1.82, 2.24) is 4.90 Å². The van der Waals surface area contributed by atoms with E-state index in [9.17, 15) is 14.4 Å². The van der Waals surface area contributed by atoms with Crippen LogP contribution < -0.4 is 14.4 Å². The lowest BCUT2D eigenvalue weighted by Gasteiger charge is -2.26. The van der Waals surface area contributed by atoms with Crippen molar-refractivity contribution >= 4 is 52.2 Å². The van der Waals surface area contributed by atoms with Crippen molar-refractivity contribution in [3.05, 3.63) is 58.0 Å². The van der Waals surface area contributed by atoms with E-state index < -0.39 is 11.1 Å². The number of morpholine rings is 1. The third-order valence-corrected chi connectivity index (χ3v) is 6.17. The number of ether oxygens (including phenoxy) is 3. The van der Waals surface area contributed by atoms with Crippen molar-refractivity contribution in [3.63, 3.8) is 0 Å². The van der Waals surface area contributed by atoms with E-state index in [4.69, 9.17) is 25.8 Å². The summed E-state index contributed by atoms with van der Waals surface area (Å²) < 4.78 is 16.3. The lowest BCUT2D eigenvalue weighted by atomic mass is 10.2. The third-order valence-electron chi connectivity index (χ3n) is 5.06. The molecule has 0 atom stereocenters. The average molecular weight is 489 g/mol. The van der Waals surface area contributed by atoms with Crippen LogP contribution in [0.25, 0.3) is 6.08 Å². The van der Waals surface area contributed by atoms with Gasteiger partial charge in [-0.3, -0.25) is 14.4 Å². The molecule has 2 aromatic carbocycles. The number of rotatable bonds is 6. The van der Waals surface area contributed by atoms with Gasteiger partial charge in [-0.05, 0) is 53.7 Å². The molecule has 3 amide bonds. The normalized spacial score (nSPS) is 17.6. The average Bonchev–Trinajstić information content (AvgIpc) is 3.10. The van der Waals surface area contributed by atoms with Gasteiger partial charge in [0, 0.05) is 18.1 Å². The second-order valence-electron chi connectivity index (χ2n) is 7.19. The molecule has 2 heterocycles. The zero-order valence-electron chi connectivity index (χ0n) is 17.8. The van der Waals surface area contributed by atoms with Crippen LogP contribution in [0.15, 0.2) is 47.4 Å². The SMILES string of the molecule is COc1cc(/C=C2/SC(=O)N(c3cccc(Cl)c3)C2=O)ccc1OCC(=O)N1CCOCC1. The second kappa shape index (κ2) is 10.3. The van der Waals surface area contributed by atoms with Gasteiger partial charge in [0.05, 0.1) is 30.9 Å². The molecule has 2 aliphatic rings. The van der Waals surface area contributed by atoms with Crippen LogP contribution >= 0.6 is 23.4 Å². The Hall–Kier alpha value is -3.01. The van der Waals surface area contributed by atoms with Gasteiger partial charge < -0.3 is 19.1 Å². The summed E-state index contributed by atoms with van der Waals surface area (Å²) in [6.45, 7) is 2.01. The van der Waals surface area contributed by atoms with E-state index in [1.54, 1.807) is 53.4 Å². The quantitative estimate of drug-likeness (QED) is 0.571. The molecule has 10 heteroatoms. The molecular weight excluding hydrogens is 468 g/mol. The summed E-state index contributed by atoms with van der Waals surface area (Å²) in [6.07, 6.45) is 1.61. The number of carbonyl (C=O) groups excluding carboxylic acids is 3. The van der Waals surface area contributed by atoms with Gasteiger partial charge >= 0.3 is 0 Å². The molecule has 0 unspecified atom stereocenters. The summed E-state index contributed by atoms with van der Waals surface area (Å²) in [4.78, 5) is 40.7. The fourth-order valence-corrected chi connectivity index (χ4v) is 4.42. The first-order valence-electron chi connectivity index (χ1n) is 10.2. The third kappa shape index (κ3) is 5.32. The molecule has 2 fully saturated rings. The van der Waals surface area contributed by atoms with Gasteiger partial charge in [0.25, 0.3) is 17.1 Å². The Kier molecular flexibility index (Phi) is 7.22. The van der Waals surface area contributed by atoms with Crippen LogP contribution in [0.1, 0.15) is 5.56 Å². The fourth-order valence-electron chi connectivity index (χ4n) is 3.39. The number of nitrogens with zero attached hydrogens (tertiary/aromatic N) is 2. The highest BCUT2D eigenvalue weighted by molar-refractivity contribution is 8.19. The van der Waals surface area contributed by atoms with Crippen molar-refractivity contribution in [1.29, 1.82) is 0 Å². The molecule has 172 valence electrons. The van der Waals surface area contributed by atoms with E-state index in [0.29, 0.717) is 54.1 Å². The van der Waals surface area contributed by atoms with E-state index in [-0.39, 0.29) is 17.4 Å². The Labute approximate surface area is 200 Å². The number of anilines is 1. The molecule has 0 bridgehead atoms. The van der Waals surface area contributed by atoms with Gasteiger partial charge in [0.1, 0.15) is 0 Å². The number of imide groups is 1. The monoisotopic (exact) mass is 488 g/mol. The Morgan fingerprint density at radius 3 is 2.67 bits per heavy atom. The number of carbonyl (C=O) groups is 3. The molecule has 33 heavy (non-hydrogen) atoms. The second-order valence-corrected chi connectivity index (χ2v) is 8.62. The number of thioether (sulfide) groups is 1. The van der Waals surface area contributed by atoms with Crippen molar-refractivity contribution in [2.75, 3.05) is 44.9 Å². The first-order chi connectivity index (χ1) is 16.0. The maximum absolute atomic E-state index is 12.8. The van der Waals surface area contributed by atoms with Gasteiger partial charge in [0.2, 0.25) is 0 Å². The summed E-state index contributed by atoms with van der Waals surface area (Å²) in [7, 11) is 1.49. The Bertz CT molecular complexity index is 1120. The molecule has 2 saturated heterocycles. The zero-order chi connectivity index (χ0) is 23.4. The summed E-state index contributed by atoms with van der Waals surface area (Å²) in [5.74, 6) is 0.262. The molecule has 8 nitrogen and oxygen atoms in total. The van der Waals surface area contributed by atoms with Crippen molar-refractivity contribution in [3.8, 4) is 11.5 Å². The highest BCUT2D eigenvalue weighted by Crippen LogP contribution is 2.37. The molecule has 0 saturated carbocycles. The lowest BCUT2D eigenvalue weighted by molar-refractivity contribution is -0.137. The number of halogens is 1. The standard InChI is InChI=1S/C23H21ClN2O6S/c1-30-19-11-15(5-6-18(19)32-14-21(27)25-7-9-31-10-8-25)12-20-22(28)26(23(29)33-20)17-4-2-3-16(24)13-17/h2-6,11-13H,7-10,14H2,1H3/b20-12+. The summed E-state index contributed by atoms with van der Waals surface area (Å²) in [5, 5.41) is 0.0324. The van der Waals surface area contributed by atoms with E-state index >= 15 is 0 Å². The van der Waals surface area contributed by atoms with E-state index in [1.165, 1.54) is 7.11 Å². The predicted octanol–water partition coefficient (Wildman–Crippen LogP) is 3.83. The minimum atomic E-state index is -0.428. The van der Waals surface area contributed by atoms with Crippen LogP contribution in [0.2, 0.25) is 5.02 Å². The highest BCUT2D eigenvalue weighted by Gasteiger charge is 2.36. The number of benzene rings is 2. The number of hydrogen-bond donors (Lipinski definition) is 0. The molecule has 4 rings (SSSR count). The summed E-state index contributed by atoms with van der Waals surface area (Å²) in [6, 6.07) is 11.6. The first-order valence-corrected chi connectivity index (χ1v) is 11.4. The molecule has 0 aromatic heterocycles. The van der Waals surface area contributed by atoms with Crippen LogP contribution in [-0.2, 0) is 14.3 Å². The van der Waals surface area contributed by atoms with Crippen LogP contribution in [0, 0.1) is 0 Å². The molecule has 2 aromatic rings. The number of hydrogen-bond acceptors (Lipinski definition) is 7. The van der Waals surface area contributed by atoms with E-state index in [2.05, 4.69) is 0 Å². The number of methoxy groups -OCH3 is 1. The van der Waals surface area contributed by atoms with Crippen molar-refractivity contribution in [2.45, 2.75) is 0 Å². The van der Waals surface area contributed by atoms with Gasteiger partial charge in [0.15, 0.2) is 18.1 Å². The Balaban J connectivity index is 1.47. The Morgan fingerprint density at radius 1 is 1.15 bits per heavy atom.